The molecule has 0 saturated carbocycles. The maximum atomic E-state index is 4.48. The predicted molar refractivity (Wildman–Crippen MR) is 103 cm³/mol. The van der Waals surface area contributed by atoms with Gasteiger partial charge in [0.15, 0.2) is 0 Å². The van der Waals surface area contributed by atoms with Gasteiger partial charge in [-0.15, -0.1) is 0 Å². The molecule has 2 aliphatic rings. The summed E-state index contributed by atoms with van der Waals surface area (Å²) in [5.41, 5.74) is 4.70. The normalized spacial score (nSPS) is 26.2. The van der Waals surface area contributed by atoms with Crippen molar-refractivity contribution in [2.45, 2.75) is 43.8 Å². The molecule has 4 heterocycles. The molecular formula is C21H24N4. The van der Waals surface area contributed by atoms with Crippen molar-refractivity contribution in [2.24, 2.45) is 0 Å². The zero-order valence-electron chi connectivity index (χ0n) is 14.6. The summed E-state index contributed by atoms with van der Waals surface area (Å²) in [5.74, 6) is 0. The Bertz CT molecular complexity index is 886. The number of piperidine rings is 1. The van der Waals surface area contributed by atoms with E-state index in [2.05, 4.69) is 57.6 Å². The van der Waals surface area contributed by atoms with Gasteiger partial charge in [-0.1, -0.05) is 6.07 Å². The van der Waals surface area contributed by atoms with Crippen LogP contribution < -0.4 is 5.32 Å². The van der Waals surface area contributed by atoms with Crippen LogP contribution in [0, 0.1) is 0 Å². The first-order valence-electron chi connectivity index (χ1n) is 9.27. The summed E-state index contributed by atoms with van der Waals surface area (Å²) in [4.78, 5) is 10.3. The lowest BCUT2D eigenvalue weighted by Crippen LogP contribution is -2.44. The Labute approximate surface area is 148 Å². The molecule has 3 atom stereocenters. The molecule has 128 valence electrons. The average molecular weight is 332 g/mol. The number of aromatic amines is 1. The van der Waals surface area contributed by atoms with Crippen molar-refractivity contribution in [1.29, 1.82) is 0 Å². The predicted octanol–water partition coefficient (Wildman–Crippen LogP) is 4.27. The van der Waals surface area contributed by atoms with Gasteiger partial charge < -0.3 is 15.2 Å². The van der Waals surface area contributed by atoms with E-state index in [0.717, 1.165) is 17.8 Å². The molecule has 0 aliphatic carbocycles. The fraction of sp³-hybridized carbons (Fsp3) is 0.381. The molecule has 0 radical (unpaired) electrons. The minimum Gasteiger partial charge on any atom is -0.381 e. The summed E-state index contributed by atoms with van der Waals surface area (Å²) >= 11 is 0. The van der Waals surface area contributed by atoms with Gasteiger partial charge in [-0.25, -0.2) is 0 Å². The summed E-state index contributed by atoms with van der Waals surface area (Å²) in [7, 11) is 2.29. The van der Waals surface area contributed by atoms with Crippen LogP contribution in [-0.2, 0) is 0 Å². The number of H-pyrrole nitrogens is 1. The Morgan fingerprint density at radius 3 is 2.72 bits per heavy atom. The quantitative estimate of drug-likeness (QED) is 0.753. The Kier molecular flexibility index (Phi) is 3.52. The van der Waals surface area contributed by atoms with Crippen LogP contribution in [0.25, 0.3) is 22.0 Å². The Hall–Kier alpha value is -2.33. The van der Waals surface area contributed by atoms with Gasteiger partial charge in [-0.3, -0.25) is 4.98 Å². The van der Waals surface area contributed by atoms with Crippen molar-refractivity contribution in [2.75, 3.05) is 12.4 Å². The van der Waals surface area contributed by atoms with Gasteiger partial charge in [0.1, 0.15) is 0 Å². The van der Waals surface area contributed by atoms with E-state index in [-0.39, 0.29) is 0 Å². The van der Waals surface area contributed by atoms with Gasteiger partial charge in [0, 0.05) is 47.8 Å². The number of benzene rings is 1. The lowest BCUT2D eigenvalue weighted by Gasteiger charge is -2.37. The Balaban J connectivity index is 1.38. The van der Waals surface area contributed by atoms with Crippen molar-refractivity contribution < 1.29 is 0 Å². The van der Waals surface area contributed by atoms with E-state index in [0.29, 0.717) is 6.04 Å². The molecular weight excluding hydrogens is 308 g/mol. The lowest BCUT2D eigenvalue weighted by molar-refractivity contribution is 0.169. The zero-order valence-corrected chi connectivity index (χ0v) is 14.6. The highest BCUT2D eigenvalue weighted by Gasteiger charge is 2.38. The molecule has 4 heteroatoms. The number of nitrogens with one attached hydrogen (secondary N) is 2. The second-order valence-corrected chi connectivity index (χ2v) is 7.61. The smallest absolute Gasteiger partial charge is 0.0535 e. The summed E-state index contributed by atoms with van der Waals surface area (Å²) in [6.07, 6.45) is 11.1. The Morgan fingerprint density at radius 1 is 1.04 bits per heavy atom. The molecule has 0 amide bonds. The van der Waals surface area contributed by atoms with E-state index >= 15 is 0 Å². The van der Waals surface area contributed by atoms with Gasteiger partial charge in [0.05, 0.1) is 5.69 Å². The fourth-order valence-electron chi connectivity index (χ4n) is 4.67. The molecule has 4 nitrogen and oxygen atoms in total. The van der Waals surface area contributed by atoms with E-state index < -0.39 is 0 Å². The second-order valence-electron chi connectivity index (χ2n) is 7.61. The van der Waals surface area contributed by atoms with Crippen LogP contribution in [0.4, 0.5) is 5.69 Å². The monoisotopic (exact) mass is 332 g/mol. The van der Waals surface area contributed by atoms with Crippen LogP contribution in [-0.4, -0.2) is 40.0 Å². The van der Waals surface area contributed by atoms with Crippen LogP contribution in [0.2, 0.25) is 0 Å². The molecule has 2 bridgehead atoms. The number of nitrogens with zero attached hydrogens (tertiary/aromatic N) is 2. The van der Waals surface area contributed by atoms with E-state index in [1.54, 1.807) is 0 Å². The molecule has 2 aliphatic heterocycles. The zero-order chi connectivity index (χ0) is 16.8. The number of anilines is 1. The summed E-state index contributed by atoms with van der Waals surface area (Å²) in [6.45, 7) is 0. The van der Waals surface area contributed by atoms with Gasteiger partial charge in [0.25, 0.3) is 0 Å². The van der Waals surface area contributed by atoms with E-state index in [1.165, 1.54) is 47.7 Å². The highest BCUT2D eigenvalue weighted by molar-refractivity contribution is 5.85. The van der Waals surface area contributed by atoms with E-state index in [9.17, 15) is 0 Å². The van der Waals surface area contributed by atoms with E-state index in [4.69, 9.17) is 0 Å². The molecule has 5 rings (SSSR count). The minimum atomic E-state index is 0.568. The fourth-order valence-corrected chi connectivity index (χ4v) is 4.67. The Morgan fingerprint density at radius 2 is 1.88 bits per heavy atom. The largest absolute Gasteiger partial charge is 0.381 e. The van der Waals surface area contributed by atoms with Gasteiger partial charge in [0.2, 0.25) is 0 Å². The molecule has 25 heavy (non-hydrogen) atoms. The highest BCUT2D eigenvalue weighted by Crippen LogP contribution is 2.35. The highest BCUT2D eigenvalue weighted by atomic mass is 15.2. The third-order valence-electron chi connectivity index (χ3n) is 6.09. The topological polar surface area (TPSA) is 44.0 Å². The van der Waals surface area contributed by atoms with Crippen molar-refractivity contribution in [3.8, 4) is 11.1 Å². The van der Waals surface area contributed by atoms with Crippen molar-refractivity contribution >= 4 is 16.6 Å². The first kappa shape index (κ1) is 15.0. The molecule has 2 N–H and O–H groups in total. The van der Waals surface area contributed by atoms with E-state index in [1.807, 2.05) is 18.6 Å². The second kappa shape index (κ2) is 5.88. The van der Waals surface area contributed by atoms with Crippen LogP contribution in [0.5, 0.6) is 0 Å². The molecule has 0 spiro atoms. The summed E-state index contributed by atoms with van der Waals surface area (Å²) in [5, 5.41) is 4.99. The third-order valence-corrected chi connectivity index (χ3v) is 6.09. The summed E-state index contributed by atoms with van der Waals surface area (Å²) in [6, 6.07) is 12.9. The van der Waals surface area contributed by atoms with Crippen LogP contribution in [0.3, 0.4) is 0 Å². The number of hydrogen-bond donors (Lipinski definition) is 2. The van der Waals surface area contributed by atoms with Crippen LogP contribution in [0.1, 0.15) is 25.7 Å². The molecule has 2 fully saturated rings. The maximum absolute atomic E-state index is 4.48. The maximum Gasteiger partial charge on any atom is 0.0535 e. The summed E-state index contributed by atoms with van der Waals surface area (Å²) < 4.78 is 0. The third kappa shape index (κ3) is 2.71. The molecule has 2 aromatic heterocycles. The van der Waals surface area contributed by atoms with Crippen LogP contribution >= 0.6 is 0 Å². The molecule has 3 aromatic rings. The lowest BCUT2D eigenvalue weighted by atomic mass is 9.97. The number of aromatic nitrogens is 2. The number of hydrogen-bond acceptors (Lipinski definition) is 3. The van der Waals surface area contributed by atoms with Crippen LogP contribution in [0.15, 0.2) is 48.9 Å². The van der Waals surface area contributed by atoms with Gasteiger partial charge >= 0.3 is 0 Å². The number of rotatable bonds is 3. The minimum absolute atomic E-state index is 0.568. The molecule has 2 saturated heterocycles. The number of fused-ring (bicyclic) bond motifs is 3. The number of pyridine rings is 1. The van der Waals surface area contributed by atoms with Crippen molar-refractivity contribution in [1.82, 2.24) is 14.9 Å². The van der Waals surface area contributed by atoms with Crippen molar-refractivity contribution in [3.63, 3.8) is 0 Å². The molecule has 1 aromatic carbocycles. The van der Waals surface area contributed by atoms with Crippen molar-refractivity contribution in [3.05, 3.63) is 48.9 Å². The first-order valence-corrected chi connectivity index (χ1v) is 9.27. The molecule has 1 unspecified atom stereocenters. The average Bonchev–Trinajstić information content (AvgIpc) is 3.16. The van der Waals surface area contributed by atoms with Gasteiger partial charge in [-0.2, -0.15) is 0 Å². The van der Waals surface area contributed by atoms with Gasteiger partial charge in [-0.05, 0) is 67.9 Å². The SMILES string of the molecule is CN1[C@@H]2CC[C@H]1CC(Nc1cncc(-c3ccc4[nH]ccc4c3)c1)C2. The standard InChI is InChI=1S/C21H24N4/c1-25-19-3-4-20(25)11-17(10-19)24-18-9-16(12-22-13-18)14-2-5-21-15(8-14)6-7-23-21/h2,5-9,12-13,17,19-20,23-24H,3-4,10-11H2,1H3/t17?,19-,20+. The first-order chi connectivity index (χ1) is 12.3.